The van der Waals surface area contributed by atoms with Crippen LogP contribution in [0, 0.1) is 0 Å². The number of nitrogens with one attached hydrogen (secondary N) is 1. The highest BCUT2D eigenvalue weighted by atomic mass is 16.5. The normalized spacial score (nSPS) is 24.4. The zero-order valence-electron chi connectivity index (χ0n) is 12.7. The summed E-state index contributed by atoms with van der Waals surface area (Å²) in [5.41, 5.74) is 4.06. The molecular weight excluding hydrogens is 248 g/mol. The van der Waals surface area contributed by atoms with Crippen LogP contribution in [0.3, 0.4) is 0 Å². The molecule has 1 unspecified atom stereocenters. The number of rotatable bonds is 3. The van der Waals surface area contributed by atoms with Gasteiger partial charge in [-0.25, -0.2) is 0 Å². The molecular formula is C17H26N2O. The summed E-state index contributed by atoms with van der Waals surface area (Å²) in [5.74, 6) is 1.70. The number of piperidine rings is 1. The average molecular weight is 274 g/mol. The number of hydrogen-bond donors (Lipinski definition) is 1. The van der Waals surface area contributed by atoms with Gasteiger partial charge in [-0.15, -0.1) is 0 Å². The first-order valence-corrected chi connectivity index (χ1v) is 8.05. The van der Waals surface area contributed by atoms with E-state index in [9.17, 15) is 0 Å². The summed E-state index contributed by atoms with van der Waals surface area (Å²) in [6.07, 6.45) is 3.59. The van der Waals surface area contributed by atoms with Crippen molar-refractivity contribution in [3.8, 4) is 0 Å². The number of pyridine rings is 1. The minimum Gasteiger partial charge on any atom is -0.381 e. The maximum atomic E-state index is 5.59. The Bertz CT molecular complexity index is 446. The molecule has 1 aromatic heterocycles. The minimum atomic E-state index is 0.504. The molecule has 0 spiro atoms. The first-order valence-electron chi connectivity index (χ1n) is 8.05. The van der Waals surface area contributed by atoms with Crippen molar-refractivity contribution < 1.29 is 4.74 Å². The molecule has 1 atom stereocenters. The van der Waals surface area contributed by atoms with Crippen LogP contribution in [-0.4, -0.2) is 31.3 Å². The molecule has 3 rings (SSSR count). The van der Waals surface area contributed by atoms with Gasteiger partial charge in [0.1, 0.15) is 0 Å². The Balaban J connectivity index is 1.94. The van der Waals surface area contributed by atoms with Crippen molar-refractivity contribution in [2.75, 3.05) is 26.3 Å². The number of ether oxygens (including phenoxy) is 1. The summed E-state index contributed by atoms with van der Waals surface area (Å²) in [7, 11) is 0. The second kappa shape index (κ2) is 6.23. The van der Waals surface area contributed by atoms with E-state index in [1.165, 1.54) is 29.8 Å². The average Bonchev–Trinajstić information content (AvgIpc) is 3.01. The van der Waals surface area contributed by atoms with E-state index in [2.05, 4.69) is 31.3 Å². The van der Waals surface area contributed by atoms with Crippen LogP contribution in [0.15, 0.2) is 12.1 Å². The molecule has 0 aromatic carbocycles. The molecule has 2 aliphatic rings. The molecule has 3 heterocycles. The second-order valence-corrected chi connectivity index (χ2v) is 6.45. The molecule has 3 nitrogen and oxygen atoms in total. The summed E-state index contributed by atoms with van der Waals surface area (Å²) in [5, 5.41) is 3.46. The smallest absolute Gasteiger partial charge is 0.0536 e. The molecule has 3 heteroatoms. The van der Waals surface area contributed by atoms with E-state index in [0.717, 1.165) is 32.7 Å². The lowest BCUT2D eigenvalue weighted by Gasteiger charge is -2.26. The van der Waals surface area contributed by atoms with Gasteiger partial charge in [0, 0.05) is 29.8 Å². The van der Waals surface area contributed by atoms with Gasteiger partial charge in [-0.05, 0) is 49.9 Å². The molecule has 20 heavy (non-hydrogen) atoms. The van der Waals surface area contributed by atoms with Crippen molar-refractivity contribution >= 4 is 0 Å². The van der Waals surface area contributed by atoms with Crippen molar-refractivity contribution in [1.82, 2.24) is 10.3 Å². The zero-order chi connectivity index (χ0) is 13.9. The standard InChI is InChI=1S/C17H26N2O/c1-12(2)16-4-3-15(14-7-10-20-11-14)17(19-16)13-5-8-18-9-6-13/h3-4,12-14,18H,5-11H2,1-2H3. The quantitative estimate of drug-likeness (QED) is 0.919. The third-order valence-corrected chi connectivity index (χ3v) is 4.67. The first-order chi connectivity index (χ1) is 9.75. The number of aromatic nitrogens is 1. The maximum Gasteiger partial charge on any atom is 0.0536 e. The number of hydrogen-bond acceptors (Lipinski definition) is 3. The Hall–Kier alpha value is -0.930. The predicted octanol–water partition coefficient (Wildman–Crippen LogP) is 3.18. The summed E-state index contributed by atoms with van der Waals surface area (Å²) in [4.78, 5) is 5.06. The van der Waals surface area contributed by atoms with E-state index in [4.69, 9.17) is 9.72 Å². The van der Waals surface area contributed by atoms with Gasteiger partial charge in [0.05, 0.1) is 6.61 Å². The SMILES string of the molecule is CC(C)c1ccc(C2CCOC2)c(C2CCNCC2)n1. The highest BCUT2D eigenvalue weighted by Gasteiger charge is 2.26. The topological polar surface area (TPSA) is 34.1 Å². The summed E-state index contributed by atoms with van der Waals surface area (Å²) >= 11 is 0. The first kappa shape index (κ1) is 14.0. The third-order valence-electron chi connectivity index (χ3n) is 4.67. The fourth-order valence-electron chi connectivity index (χ4n) is 3.37. The van der Waals surface area contributed by atoms with Crippen molar-refractivity contribution in [3.63, 3.8) is 0 Å². The minimum absolute atomic E-state index is 0.504. The fourth-order valence-corrected chi connectivity index (χ4v) is 3.37. The molecule has 0 bridgehead atoms. The van der Waals surface area contributed by atoms with Crippen LogP contribution in [0.25, 0.3) is 0 Å². The number of nitrogens with zero attached hydrogens (tertiary/aromatic N) is 1. The summed E-state index contributed by atoms with van der Waals surface area (Å²) in [6, 6.07) is 4.56. The third kappa shape index (κ3) is 2.89. The van der Waals surface area contributed by atoms with Crippen LogP contribution in [0.2, 0.25) is 0 Å². The highest BCUT2D eigenvalue weighted by molar-refractivity contribution is 5.31. The summed E-state index contributed by atoms with van der Waals surface area (Å²) in [6.45, 7) is 8.49. The Labute approximate surface area is 122 Å². The monoisotopic (exact) mass is 274 g/mol. The molecule has 0 saturated carbocycles. The Morgan fingerprint density at radius 3 is 2.60 bits per heavy atom. The van der Waals surface area contributed by atoms with E-state index >= 15 is 0 Å². The maximum absolute atomic E-state index is 5.59. The highest BCUT2D eigenvalue weighted by Crippen LogP contribution is 2.35. The van der Waals surface area contributed by atoms with E-state index in [0.29, 0.717) is 17.8 Å². The van der Waals surface area contributed by atoms with Gasteiger partial charge in [0.2, 0.25) is 0 Å². The Morgan fingerprint density at radius 1 is 1.15 bits per heavy atom. The predicted molar refractivity (Wildman–Crippen MR) is 81.3 cm³/mol. The van der Waals surface area contributed by atoms with Crippen LogP contribution in [0.4, 0.5) is 0 Å². The van der Waals surface area contributed by atoms with Crippen molar-refractivity contribution in [1.29, 1.82) is 0 Å². The van der Waals surface area contributed by atoms with E-state index in [1.807, 2.05) is 0 Å². The van der Waals surface area contributed by atoms with Crippen molar-refractivity contribution in [3.05, 3.63) is 29.1 Å². The van der Waals surface area contributed by atoms with Crippen LogP contribution in [0.5, 0.6) is 0 Å². The Morgan fingerprint density at radius 2 is 1.95 bits per heavy atom. The van der Waals surface area contributed by atoms with Gasteiger partial charge in [-0.1, -0.05) is 19.9 Å². The van der Waals surface area contributed by atoms with Crippen molar-refractivity contribution in [2.24, 2.45) is 0 Å². The molecule has 0 amide bonds. The molecule has 0 radical (unpaired) electrons. The van der Waals surface area contributed by atoms with E-state index in [-0.39, 0.29) is 0 Å². The lowest BCUT2D eigenvalue weighted by molar-refractivity contribution is 0.193. The zero-order valence-corrected chi connectivity index (χ0v) is 12.7. The van der Waals surface area contributed by atoms with Crippen molar-refractivity contribution in [2.45, 2.75) is 50.9 Å². The molecule has 1 aromatic rings. The van der Waals surface area contributed by atoms with Crippen LogP contribution in [0.1, 0.15) is 67.8 Å². The van der Waals surface area contributed by atoms with Gasteiger partial charge < -0.3 is 10.1 Å². The van der Waals surface area contributed by atoms with Crippen LogP contribution in [-0.2, 0) is 4.74 Å². The second-order valence-electron chi connectivity index (χ2n) is 6.45. The van der Waals surface area contributed by atoms with Gasteiger partial charge in [-0.2, -0.15) is 0 Å². The lowest BCUT2D eigenvalue weighted by atomic mass is 9.85. The lowest BCUT2D eigenvalue weighted by Crippen LogP contribution is -2.28. The van der Waals surface area contributed by atoms with Gasteiger partial charge >= 0.3 is 0 Å². The van der Waals surface area contributed by atoms with Gasteiger partial charge in [-0.3, -0.25) is 4.98 Å². The van der Waals surface area contributed by atoms with Crippen LogP contribution < -0.4 is 5.32 Å². The largest absolute Gasteiger partial charge is 0.381 e. The fraction of sp³-hybridized carbons (Fsp3) is 0.706. The molecule has 0 aliphatic carbocycles. The van der Waals surface area contributed by atoms with E-state index in [1.54, 1.807) is 0 Å². The van der Waals surface area contributed by atoms with Gasteiger partial charge in [0.25, 0.3) is 0 Å². The van der Waals surface area contributed by atoms with E-state index < -0.39 is 0 Å². The molecule has 110 valence electrons. The molecule has 2 fully saturated rings. The van der Waals surface area contributed by atoms with Crippen LogP contribution >= 0.6 is 0 Å². The molecule has 2 aliphatic heterocycles. The molecule has 2 saturated heterocycles. The van der Waals surface area contributed by atoms with Gasteiger partial charge in [0.15, 0.2) is 0 Å². The Kier molecular flexibility index (Phi) is 4.37. The summed E-state index contributed by atoms with van der Waals surface area (Å²) < 4.78 is 5.59. The molecule has 1 N–H and O–H groups in total.